The highest BCUT2D eigenvalue weighted by atomic mass is 16.1. The molecular formula is C8H14NO. The van der Waals surface area contributed by atoms with Crippen molar-refractivity contribution in [3.63, 3.8) is 0 Å². The van der Waals surface area contributed by atoms with Crippen molar-refractivity contribution in [2.24, 2.45) is 0 Å². The van der Waals surface area contributed by atoms with Gasteiger partial charge in [-0.2, -0.15) is 0 Å². The molecule has 0 saturated carbocycles. The van der Waals surface area contributed by atoms with Gasteiger partial charge < -0.3 is 5.32 Å². The van der Waals surface area contributed by atoms with Crippen molar-refractivity contribution in [3.8, 4) is 0 Å². The first kappa shape index (κ1) is 9.21. The number of hydrogen-bond acceptors (Lipinski definition) is 1. The Morgan fingerprint density at radius 2 is 2.30 bits per heavy atom. The fourth-order valence-corrected chi connectivity index (χ4v) is 0.571. The number of hydrogen-bond donors (Lipinski definition) is 1. The van der Waals surface area contributed by atoms with Crippen LogP contribution in [0.3, 0.4) is 0 Å². The van der Waals surface area contributed by atoms with Gasteiger partial charge in [-0.3, -0.25) is 4.79 Å². The van der Waals surface area contributed by atoms with Crippen LogP contribution in [0.25, 0.3) is 0 Å². The predicted octanol–water partition coefficient (Wildman–Crippen LogP) is 1.29. The molecule has 0 aliphatic heterocycles. The Bertz CT molecular complexity index is 127. The van der Waals surface area contributed by atoms with E-state index in [4.69, 9.17) is 0 Å². The highest BCUT2D eigenvalue weighted by Crippen LogP contribution is 1.84. The smallest absolute Gasteiger partial charge is 0.223 e. The SMILES string of the molecule is [CH2]C=CCC(=O)NC(C)C. The van der Waals surface area contributed by atoms with Crippen molar-refractivity contribution in [2.45, 2.75) is 26.3 Å². The van der Waals surface area contributed by atoms with Gasteiger partial charge in [-0.15, -0.1) is 0 Å². The Kier molecular flexibility index (Phi) is 4.63. The van der Waals surface area contributed by atoms with Gasteiger partial charge in [0.25, 0.3) is 0 Å². The minimum atomic E-state index is 0.0508. The first-order valence-electron chi connectivity index (χ1n) is 3.40. The maximum Gasteiger partial charge on any atom is 0.223 e. The third-order valence-corrected chi connectivity index (χ3v) is 0.920. The number of rotatable bonds is 3. The lowest BCUT2D eigenvalue weighted by molar-refractivity contribution is -0.120. The van der Waals surface area contributed by atoms with Crippen molar-refractivity contribution in [1.82, 2.24) is 5.32 Å². The lowest BCUT2D eigenvalue weighted by Crippen LogP contribution is -2.29. The van der Waals surface area contributed by atoms with Gasteiger partial charge in [0.15, 0.2) is 0 Å². The summed E-state index contributed by atoms with van der Waals surface area (Å²) in [5.74, 6) is 0.0508. The van der Waals surface area contributed by atoms with Crippen molar-refractivity contribution >= 4 is 5.91 Å². The Hall–Kier alpha value is -0.790. The molecular weight excluding hydrogens is 126 g/mol. The quantitative estimate of drug-likeness (QED) is 0.628. The van der Waals surface area contributed by atoms with E-state index in [2.05, 4.69) is 12.2 Å². The lowest BCUT2D eigenvalue weighted by Gasteiger charge is -2.05. The number of nitrogens with one attached hydrogen (secondary N) is 1. The molecule has 0 aromatic carbocycles. The summed E-state index contributed by atoms with van der Waals surface area (Å²) in [7, 11) is 0. The maximum atomic E-state index is 10.8. The molecule has 0 saturated heterocycles. The van der Waals surface area contributed by atoms with E-state index in [0.29, 0.717) is 6.42 Å². The van der Waals surface area contributed by atoms with E-state index in [9.17, 15) is 4.79 Å². The van der Waals surface area contributed by atoms with Gasteiger partial charge in [-0.25, -0.2) is 0 Å². The number of carbonyl (C=O) groups is 1. The summed E-state index contributed by atoms with van der Waals surface area (Å²) in [4.78, 5) is 10.8. The highest BCUT2D eigenvalue weighted by molar-refractivity contribution is 5.77. The van der Waals surface area contributed by atoms with E-state index in [1.54, 1.807) is 12.2 Å². The minimum Gasteiger partial charge on any atom is -0.354 e. The average Bonchev–Trinajstić information content (AvgIpc) is 1.82. The number of carbonyl (C=O) groups excluding carboxylic acids is 1. The summed E-state index contributed by atoms with van der Waals surface area (Å²) >= 11 is 0. The molecule has 0 bridgehead atoms. The molecule has 0 unspecified atom stereocenters. The number of allylic oxidation sites excluding steroid dienone is 1. The van der Waals surface area contributed by atoms with Crippen LogP contribution in [-0.2, 0) is 4.79 Å². The van der Waals surface area contributed by atoms with Gasteiger partial charge in [-0.05, 0) is 20.8 Å². The second-order valence-corrected chi connectivity index (χ2v) is 2.40. The Labute approximate surface area is 62.3 Å². The molecule has 0 aromatic rings. The zero-order valence-electron chi connectivity index (χ0n) is 6.55. The molecule has 0 heterocycles. The maximum absolute atomic E-state index is 10.8. The van der Waals surface area contributed by atoms with Crippen molar-refractivity contribution < 1.29 is 4.79 Å². The van der Waals surface area contributed by atoms with Crippen LogP contribution >= 0.6 is 0 Å². The largest absolute Gasteiger partial charge is 0.354 e. The third-order valence-electron chi connectivity index (χ3n) is 0.920. The molecule has 1 N–H and O–H groups in total. The summed E-state index contributed by atoms with van der Waals surface area (Å²) in [6, 6.07) is 0.228. The minimum absolute atomic E-state index is 0.0508. The van der Waals surface area contributed by atoms with Crippen LogP contribution in [0.4, 0.5) is 0 Å². The summed E-state index contributed by atoms with van der Waals surface area (Å²) in [6.45, 7) is 7.35. The molecule has 0 aromatic heterocycles. The van der Waals surface area contributed by atoms with E-state index in [0.717, 1.165) is 0 Å². The molecule has 0 aliphatic carbocycles. The van der Waals surface area contributed by atoms with Crippen molar-refractivity contribution in [1.29, 1.82) is 0 Å². The number of amides is 1. The zero-order valence-corrected chi connectivity index (χ0v) is 6.55. The predicted molar refractivity (Wildman–Crippen MR) is 42.4 cm³/mol. The van der Waals surface area contributed by atoms with Crippen molar-refractivity contribution in [2.75, 3.05) is 0 Å². The molecule has 0 atom stereocenters. The fraction of sp³-hybridized carbons (Fsp3) is 0.500. The van der Waals surface area contributed by atoms with Crippen LogP contribution in [0, 0.1) is 6.92 Å². The van der Waals surface area contributed by atoms with Crippen LogP contribution in [-0.4, -0.2) is 11.9 Å². The molecule has 0 spiro atoms. The second-order valence-electron chi connectivity index (χ2n) is 2.40. The second kappa shape index (κ2) is 5.03. The molecule has 2 heteroatoms. The molecule has 0 rings (SSSR count). The normalized spacial score (nSPS) is 10.8. The van der Waals surface area contributed by atoms with E-state index >= 15 is 0 Å². The van der Waals surface area contributed by atoms with Crippen LogP contribution in [0.15, 0.2) is 12.2 Å². The topological polar surface area (TPSA) is 29.1 Å². The molecule has 0 aliphatic rings. The lowest BCUT2D eigenvalue weighted by atomic mass is 10.3. The fourth-order valence-electron chi connectivity index (χ4n) is 0.571. The molecule has 2 nitrogen and oxygen atoms in total. The molecule has 57 valence electrons. The summed E-state index contributed by atoms with van der Waals surface area (Å²) < 4.78 is 0. The Morgan fingerprint density at radius 3 is 2.70 bits per heavy atom. The van der Waals surface area contributed by atoms with E-state index < -0.39 is 0 Å². The zero-order chi connectivity index (χ0) is 7.98. The van der Waals surface area contributed by atoms with Crippen LogP contribution < -0.4 is 5.32 Å². The third kappa shape index (κ3) is 5.35. The van der Waals surface area contributed by atoms with E-state index in [-0.39, 0.29) is 11.9 Å². The first-order chi connectivity index (χ1) is 4.66. The standard InChI is InChI=1S/C8H14NO/c1-4-5-6-8(10)9-7(2)3/h4-5,7H,1,6H2,2-3H3,(H,9,10). The van der Waals surface area contributed by atoms with Crippen molar-refractivity contribution in [3.05, 3.63) is 19.1 Å². The summed E-state index contributed by atoms with van der Waals surface area (Å²) in [6.07, 6.45) is 3.79. The first-order valence-corrected chi connectivity index (χ1v) is 3.40. The van der Waals surface area contributed by atoms with Gasteiger partial charge in [-0.1, -0.05) is 12.2 Å². The van der Waals surface area contributed by atoms with E-state index in [1.807, 2.05) is 13.8 Å². The molecule has 10 heavy (non-hydrogen) atoms. The van der Waals surface area contributed by atoms with Crippen LogP contribution in [0.5, 0.6) is 0 Å². The molecule has 1 amide bonds. The van der Waals surface area contributed by atoms with Gasteiger partial charge in [0.05, 0.1) is 0 Å². The van der Waals surface area contributed by atoms with Gasteiger partial charge in [0, 0.05) is 12.5 Å². The highest BCUT2D eigenvalue weighted by Gasteiger charge is 1.98. The van der Waals surface area contributed by atoms with Gasteiger partial charge >= 0.3 is 0 Å². The Morgan fingerprint density at radius 1 is 1.70 bits per heavy atom. The van der Waals surface area contributed by atoms with Crippen LogP contribution in [0.2, 0.25) is 0 Å². The van der Waals surface area contributed by atoms with Crippen LogP contribution in [0.1, 0.15) is 20.3 Å². The van der Waals surface area contributed by atoms with Gasteiger partial charge in [0.2, 0.25) is 5.91 Å². The summed E-state index contributed by atoms with van der Waals surface area (Å²) in [5.41, 5.74) is 0. The molecule has 0 fully saturated rings. The van der Waals surface area contributed by atoms with E-state index in [1.165, 1.54) is 0 Å². The van der Waals surface area contributed by atoms with Gasteiger partial charge in [0.1, 0.15) is 0 Å². The summed E-state index contributed by atoms with van der Waals surface area (Å²) in [5, 5.41) is 2.76. The monoisotopic (exact) mass is 140 g/mol. The molecule has 1 radical (unpaired) electrons. The average molecular weight is 140 g/mol. The Balaban J connectivity index is 3.44.